The monoisotopic (exact) mass is 1570 g/mol. The summed E-state index contributed by atoms with van der Waals surface area (Å²) in [6, 6.07) is 42.3. The molecule has 19 nitrogen and oxygen atoms in total. The van der Waals surface area contributed by atoms with Gasteiger partial charge in [-0.3, -0.25) is 28.8 Å². The molecule has 0 amide bonds. The average molecular weight is 1570 g/mol. The zero-order valence-corrected chi connectivity index (χ0v) is 69.7. The number of aromatic hydroxyl groups is 1. The van der Waals surface area contributed by atoms with E-state index >= 15 is 0 Å². The molecule has 13 unspecified atom stereocenters. The van der Waals surface area contributed by atoms with Crippen molar-refractivity contribution in [1.82, 2.24) is 4.98 Å². The van der Waals surface area contributed by atoms with Gasteiger partial charge in [-0.1, -0.05) is 96.1 Å². The summed E-state index contributed by atoms with van der Waals surface area (Å²) in [6.45, 7) is 36.5. The molecule has 0 spiro atoms. The van der Waals surface area contributed by atoms with Gasteiger partial charge in [0.05, 0.1) is 50.0 Å². The Bertz CT molecular complexity index is 3920. The molecule has 1 N–H and O–H groups in total. The lowest BCUT2D eigenvalue weighted by Crippen LogP contribution is -2.49. The lowest BCUT2D eigenvalue weighted by Gasteiger charge is -2.46. The highest BCUT2D eigenvalue weighted by molar-refractivity contribution is 7.97. The molecule has 12 rings (SSSR count). The van der Waals surface area contributed by atoms with Crippen LogP contribution in [0.1, 0.15) is 216 Å². The molecule has 3 aliphatic heterocycles. The molecule has 1 aromatic heterocycles. The van der Waals surface area contributed by atoms with Gasteiger partial charge in [0.2, 0.25) is 0 Å². The number of fused-ring (bicyclic) bond motifs is 10. The molecule has 4 heterocycles. The first kappa shape index (κ1) is 89.7. The number of alkyl halides is 2. The standard InChI is InChI=1S/C20H32O2.C18H15S.C16H24O3.C13H18O5.C11H15NO3.C9H16F2O5S/c1-5-19(3,4)18(21)22-20(6-2)11-14-10-15(20)17-13-8-7-12(9-13)16(14)17;1-4-10-16(11-5-1)19(17-12-6-2-7-13-17)18-14-8-3-9-15-18;1-7-16(5,6)14(17)18-12-8-10-13(11-9-12)19-15(2,3)4;1-4-13(2,3)12(15)18-9-7-5-6-8(16-7)10(9)17-11(6)14;1-4-11(2,3)10(14)15-9-8(13)6-5-7-12-9;1-5-8(3,4)7(12)16-6(2)9(10,11)17(13,14)15/h12-17H,5-11H2,1-4H3;1-15H;8-11H,7H2,1-6H3;6-10H,4-5H2,1-3H3;5-7,13H,4H2,1-3H3;6H,5H2,1-4H3,(H,13,14,15)/q;+1;;;;/p-1. The molecule has 4 aliphatic carbocycles. The molecule has 7 aliphatic rings. The maximum Gasteiger partial charge on any atom is 0.369 e. The number of hydrogen-bond acceptors (Lipinski definition) is 19. The van der Waals surface area contributed by atoms with E-state index < -0.39 is 61.3 Å². The Morgan fingerprint density at radius 2 is 1.04 bits per heavy atom. The second kappa shape index (κ2) is 36.6. The lowest BCUT2D eigenvalue weighted by atomic mass is 9.65. The quantitative estimate of drug-likeness (QED) is 0.0168. The van der Waals surface area contributed by atoms with Crippen LogP contribution in [-0.2, 0) is 73.5 Å². The second-order valence-electron chi connectivity index (χ2n) is 34.1. The van der Waals surface area contributed by atoms with Gasteiger partial charge in [0.25, 0.3) is 5.88 Å². The maximum absolute atomic E-state index is 13.0. The Labute approximate surface area is 654 Å². The Kier molecular flexibility index (Phi) is 29.8. The van der Waals surface area contributed by atoms with E-state index in [1.54, 1.807) is 39.0 Å². The topological polar surface area (TPSA) is 267 Å². The minimum absolute atomic E-state index is 0.0146. The Morgan fingerprint density at radius 3 is 1.50 bits per heavy atom. The molecule has 23 heteroatoms. The van der Waals surface area contributed by atoms with E-state index in [2.05, 4.69) is 115 Å². The van der Waals surface area contributed by atoms with Crippen LogP contribution in [-0.4, -0.2) is 106 Å². The van der Waals surface area contributed by atoms with E-state index in [9.17, 15) is 55.6 Å². The molecule has 4 aromatic carbocycles. The third kappa shape index (κ3) is 21.6. The summed E-state index contributed by atoms with van der Waals surface area (Å²) in [5.41, 5.74) is -3.24. The molecule has 5 aromatic rings. The summed E-state index contributed by atoms with van der Waals surface area (Å²) in [5.74, 6) is 4.38. The predicted octanol–water partition coefficient (Wildman–Crippen LogP) is 18.5. The number of benzene rings is 4. The number of nitrogens with zero attached hydrogens (tertiary/aromatic N) is 1. The normalized spacial score (nSPS) is 24.3. The summed E-state index contributed by atoms with van der Waals surface area (Å²) in [6.07, 6.45) is 9.81. The first-order chi connectivity index (χ1) is 51.3. The molecule has 7 fully saturated rings. The van der Waals surface area contributed by atoms with Crippen LogP contribution >= 0.6 is 0 Å². The summed E-state index contributed by atoms with van der Waals surface area (Å²) in [5, 5.41) is 4.73. The molecular formula is C87H119F2NO18S2. The van der Waals surface area contributed by atoms with Crippen molar-refractivity contribution in [2.45, 2.75) is 277 Å². The second-order valence-corrected chi connectivity index (χ2v) is 37.6. The number of ether oxygens (including phenoxy) is 8. The Balaban J connectivity index is 0.000000184. The number of halogens is 2. The van der Waals surface area contributed by atoms with Gasteiger partial charge in [-0.05, 0) is 276 Å². The number of pyridine rings is 1. The molecule has 0 radical (unpaired) electrons. The zero-order chi connectivity index (χ0) is 81.9. The smallest absolute Gasteiger partial charge is 0.369 e. The highest BCUT2D eigenvalue weighted by atomic mass is 32.2. The summed E-state index contributed by atoms with van der Waals surface area (Å²) >= 11 is 0. The zero-order valence-electron chi connectivity index (χ0n) is 68.0. The Morgan fingerprint density at radius 1 is 0.582 bits per heavy atom. The van der Waals surface area contributed by atoms with Crippen LogP contribution < -0.4 is 14.2 Å². The van der Waals surface area contributed by atoms with Gasteiger partial charge in [-0.15, -0.1) is 0 Å². The first-order valence-corrected chi connectivity index (χ1v) is 41.5. The van der Waals surface area contributed by atoms with Crippen molar-refractivity contribution in [3.05, 3.63) is 134 Å². The van der Waals surface area contributed by atoms with E-state index in [1.807, 2.05) is 95.2 Å². The average Bonchev–Trinajstić information content (AvgIpc) is 1.53. The van der Waals surface area contributed by atoms with Gasteiger partial charge in [0, 0.05) is 12.1 Å². The SMILES string of the molecule is CCC(C)(C)C(=O)OC(C)C(F)(F)S(=O)(=O)[O-].CCC(C)(C)C(=O)OC1(CC)CC2CC1C1C3CCC(C3)C21.CCC(C)(C)C(=O)OC1C2CC3C(=O)OC1C3O2.CCC(C)(C)C(=O)Oc1ccc(OC(C)(C)C)cc1.CCC(C)(C)C(=O)Oc1ncccc1O.c1ccc([S+](c2ccccc2)c2ccccc2)cc1. The minimum Gasteiger partial charge on any atom is -0.743 e. The lowest BCUT2D eigenvalue weighted by molar-refractivity contribution is -0.183. The Hall–Kier alpha value is -7.47. The fraction of sp³-hybridized carbons (Fsp3) is 0.598. The van der Waals surface area contributed by atoms with Gasteiger partial charge in [-0.2, -0.15) is 8.78 Å². The van der Waals surface area contributed by atoms with Crippen molar-refractivity contribution >= 4 is 56.8 Å². The molecule has 606 valence electrons. The molecule has 4 saturated carbocycles. The summed E-state index contributed by atoms with van der Waals surface area (Å²) in [4.78, 5) is 79.2. The fourth-order valence-electron chi connectivity index (χ4n) is 14.5. The molecule has 3 saturated heterocycles. The van der Waals surface area contributed by atoms with Gasteiger partial charge < -0.3 is 47.6 Å². The van der Waals surface area contributed by atoms with Gasteiger partial charge in [0.1, 0.15) is 28.8 Å². The van der Waals surface area contributed by atoms with Gasteiger partial charge >= 0.3 is 41.1 Å². The van der Waals surface area contributed by atoms with Crippen molar-refractivity contribution in [2.75, 3.05) is 0 Å². The van der Waals surface area contributed by atoms with E-state index in [0.717, 1.165) is 61.0 Å². The van der Waals surface area contributed by atoms with E-state index in [0.29, 0.717) is 44.3 Å². The van der Waals surface area contributed by atoms with Crippen LogP contribution in [0.5, 0.6) is 23.1 Å². The van der Waals surface area contributed by atoms with Crippen LogP contribution in [0.3, 0.4) is 0 Å². The van der Waals surface area contributed by atoms with Crippen LogP contribution in [0.2, 0.25) is 0 Å². The van der Waals surface area contributed by atoms with Crippen molar-refractivity contribution in [3.63, 3.8) is 0 Å². The largest absolute Gasteiger partial charge is 0.743 e. The summed E-state index contributed by atoms with van der Waals surface area (Å²) in [7, 11) is -5.87. The number of carbonyl (C=O) groups is 6. The van der Waals surface area contributed by atoms with E-state index in [4.69, 9.17) is 33.2 Å². The predicted molar refractivity (Wildman–Crippen MR) is 416 cm³/mol. The number of rotatable bonds is 22. The molecule has 6 bridgehead atoms. The first-order valence-electron chi connectivity index (χ1n) is 38.9. The number of carbonyl (C=O) groups excluding carboxylic acids is 6. The molecular weight excluding hydrogens is 1450 g/mol. The number of hydrogen-bond donors (Lipinski definition) is 1. The highest BCUT2D eigenvalue weighted by Crippen LogP contribution is 2.71. The van der Waals surface area contributed by atoms with Gasteiger partial charge in [0.15, 0.2) is 48.9 Å². The van der Waals surface area contributed by atoms with Crippen LogP contribution in [0.25, 0.3) is 0 Å². The summed E-state index contributed by atoms with van der Waals surface area (Å²) < 4.78 is 100. The maximum atomic E-state index is 13.0. The van der Waals surface area contributed by atoms with Gasteiger partial charge in [-0.25, -0.2) is 13.4 Å². The number of aromatic nitrogens is 1. The van der Waals surface area contributed by atoms with Crippen molar-refractivity contribution in [3.8, 4) is 23.1 Å². The van der Waals surface area contributed by atoms with E-state index in [-0.39, 0.29) is 87.1 Å². The van der Waals surface area contributed by atoms with E-state index in [1.165, 1.54) is 66.5 Å². The van der Waals surface area contributed by atoms with Crippen LogP contribution in [0, 0.1) is 68.5 Å². The third-order valence-corrected chi connectivity index (χ3v) is 26.7. The highest BCUT2D eigenvalue weighted by Gasteiger charge is 2.68. The third-order valence-electron chi connectivity index (χ3n) is 23.4. The fourth-order valence-corrected chi connectivity index (χ4v) is 17.1. The van der Waals surface area contributed by atoms with Crippen molar-refractivity contribution in [2.24, 2.45) is 68.5 Å². The minimum atomic E-state index is -5.86. The van der Waals surface area contributed by atoms with Crippen molar-refractivity contribution < 1.29 is 93.5 Å². The molecule has 110 heavy (non-hydrogen) atoms. The van der Waals surface area contributed by atoms with Crippen LogP contribution in [0.4, 0.5) is 8.78 Å². The number of esters is 6. The molecule has 13 atom stereocenters. The van der Waals surface area contributed by atoms with Crippen molar-refractivity contribution in [1.29, 1.82) is 0 Å². The van der Waals surface area contributed by atoms with Crippen LogP contribution in [0.15, 0.2) is 148 Å².